The van der Waals surface area contributed by atoms with E-state index in [2.05, 4.69) is 57.2 Å². The normalized spacial score (nSPS) is 12.2. The Labute approximate surface area is 455 Å². The highest BCUT2D eigenvalue weighted by atomic mass is 16.6. The van der Waals surface area contributed by atoms with Crippen LogP contribution in [0.3, 0.4) is 0 Å². The number of esters is 3. The van der Waals surface area contributed by atoms with Crippen molar-refractivity contribution in [2.45, 2.75) is 361 Å². The maximum atomic E-state index is 12.9. The Morgan fingerprint density at radius 1 is 0.274 bits per heavy atom. The zero-order chi connectivity index (χ0) is 52.9. The fraction of sp³-hybridized carbons (Fsp3) is 0.866. The second-order valence-corrected chi connectivity index (χ2v) is 22.0. The molecule has 0 aromatic rings. The number of hydrogen-bond acceptors (Lipinski definition) is 6. The molecule has 1 unspecified atom stereocenters. The van der Waals surface area contributed by atoms with E-state index in [9.17, 15) is 14.4 Å². The molecule has 0 heterocycles. The molecule has 0 aromatic carbocycles. The molecule has 0 bridgehead atoms. The predicted octanol–water partition coefficient (Wildman–Crippen LogP) is 22.0. The molecule has 0 aliphatic carbocycles. The average molecular weight is 1030 g/mol. The summed E-state index contributed by atoms with van der Waals surface area (Å²) in [6.07, 6.45) is 75.8. The maximum absolute atomic E-state index is 12.9. The van der Waals surface area contributed by atoms with Crippen molar-refractivity contribution in [3.05, 3.63) is 36.5 Å². The van der Waals surface area contributed by atoms with E-state index in [1.165, 1.54) is 238 Å². The topological polar surface area (TPSA) is 78.9 Å². The molecule has 0 saturated carbocycles. The van der Waals surface area contributed by atoms with E-state index >= 15 is 0 Å². The van der Waals surface area contributed by atoms with E-state index in [4.69, 9.17) is 14.2 Å². The molecule has 1 atom stereocenters. The minimum Gasteiger partial charge on any atom is -0.462 e. The third-order valence-corrected chi connectivity index (χ3v) is 14.6. The SMILES string of the molecule is CCCC/C=C\C/C=C\CCCCCCCC(=O)OCC(COC(=O)CCCCCCCCCCC/C=C\CCCCCCCCCC)OC(=O)CCCCCCCCCCCCCCCCCCCCCC. The molecule has 6 heteroatoms. The number of allylic oxidation sites excluding steroid dienone is 6. The van der Waals surface area contributed by atoms with Gasteiger partial charge in [0, 0.05) is 19.3 Å². The van der Waals surface area contributed by atoms with Crippen molar-refractivity contribution in [2.24, 2.45) is 0 Å². The van der Waals surface area contributed by atoms with Crippen LogP contribution in [0.15, 0.2) is 36.5 Å². The van der Waals surface area contributed by atoms with Crippen LogP contribution in [0.25, 0.3) is 0 Å². The van der Waals surface area contributed by atoms with E-state index in [-0.39, 0.29) is 31.1 Å². The van der Waals surface area contributed by atoms with Gasteiger partial charge in [-0.25, -0.2) is 0 Å². The maximum Gasteiger partial charge on any atom is 0.306 e. The summed E-state index contributed by atoms with van der Waals surface area (Å²) >= 11 is 0. The van der Waals surface area contributed by atoms with Gasteiger partial charge in [0.05, 0.1) is 0 Å². The van der Waals surface area contributed by atoms with Gasteiger partial charge in [-0.05, 0) is 70.6 Å². The van der Waals surface area contributed by atoms with Crippen LogP contribution in [0.5, 0.6) is 0 Å². The Hall–Kier alpha value is -2.37. The van der Waals surface area contributed by atoms with Gasteiger partial charge in [0.25, 0.3) is 0 Å². The molecule has 0 saturated heterocycles. The van der Waals surface area contributed by atoms with Gasteiger partial charge in [0.15, 0.2) is 6.10 Å². The molecular formula is C67H124O6. The largest absolute Gasteiger partial charge is 0.462 e. The van der Waals surface area contributed by atoms with Crippen molar-refractivity contribution in [3.8, 4) is 0 Å². The Balaban J connectivity index is 4.30. The third-order valence-electron chi connectivity index (χ3n) is 14.6. The summed E-state index contributed by atoms with van der Waals surface area (Å²) in [6.45, 7) is 6.65. The van der Waals surface area contributed by atoms with E-state index in [0.29, 0.717) is 19.3 Å². The molecule has 0 fully saturated rings. The summed E-state index contributed by atoms with van der Waals surface area (Å²) in [5, 5.41) is 0. The fourth-order valence-electron chi connectivity index (χ4n) is 9.69. The lowest BCUT2D eigenvalue weighted by Gasteiger charge is -2.18. The zero-order valence-corrected chi connectivity index (χ0v) is 49.2. The number of ether oxygens (including phenoxy) is 3. The number of hydrogen-bond donors (Lipinski definition) is 0. The standard InChI is InChI=1S/C67H124O6/c1-4-7-10-13-16-19-22-25-28-30-32-34-36-37-39-42-45-48-51-54-57-60-66(69)72-63-64(62-71-65(68)59-56-53-50-47-44-41-27-24-21-18-15-12-9-6-3)73-67(70)61-58-55-52-49-46-43-40-38-35-33-31-29-26-23-20-17-14-11-8-5-2/h15,18,24,27,30,32,64H,4-14,16-17,19-23,25-26,28-29,31,33-63H2,1-3H3/b18-15-,27-24-,32-30-. The number of carbonyl (C=O) groups is 3. The van der Waals surface area contributed by atoms with Crippen molar-refractivity contribution < 1.29 is 28.6 Å². The van der Waals surface area contributed by atoms with Gasteiger partial charge < -0.3 is 14.2 Å². The van der Waals surface area contributed by atoms with E-state index in [1.54, 1.807) is 0 Å². The van der Waals surface area contributed by atoms with Crippen molar-refractivity contribution in [3.63, 3.8) is 0 Å². The van der Waals surface area contributed by atoms with E-state index in [0.717, 1.165) is 77.0 Å². The minimum absolute atomic E-state index is 0.0737. The average Bonchev–Trinajstić information content (AvgIpc) is 3.39. The van der Waals surface area contributed by atoms with Gasteiger partial charge in [-0.3, -0.25) is 14.4 Å². The Morgan fingerprint density at radius 2 is 0.507 bits per heavy atom. The Morgan fingerprint density at radius 3 is 0.808 bits per heavy atom. The zero-order valence-electron chi connectivity index (χ0n) is 49.2. The fourth-order valence-corrected chi connectivity index (χ4v) is 9.69. The lowest BCUT2D eigenvalue weighted by atomic mass is 10.0. The second kappa shape index (κ2) is 62.2. The second-order valence-electron chi connectivity index (χ2n) is 22.0. The highest BCUT2D eigenvalue weighted by Gasteiger charge is 2.19. The van der Waals surface area contributed by atoms with Gasteiger partial charge in [0.1, 0.15) is 13.2 Å². The van der Waals surface area contributed by atoms with Crippen LogP contribution in [-0.2, 0) is 28.6 Å². The monoisotopic (exact) mass is 1020 g/mol. The van der Waals surface area contributed by atoms with Crippen molar-refractivity contribution in [1.29, 1.82) is 0 Å². The first-order chi connectivity index (χ1) is 36.0. The van der Waals surface area contributed by atoms with Gasteiger partial charge in [0.2, 0.25) is 0 Å². The molecule has 0 rings (SSSR count). The van der Waals surface area contributed by atoms with Gasteiger partial charge in [-0.2, -0.15) is 0 Å². The molecule has 0 aliphatic heterocycles. The molecule has 0 N–H and O–H groups in total. The molecule has 73 heavy (non-hydrogen) atoms. The molecule has 0 radical (unpaired) electrons. The predicted molar refractivity (Wildman–Crippen MR) is 316 cm³/mol. The summed E-state index contributed by atoms with van der Waals surface area (Å²) < 4.78 is 16.9. The lowest BCUT2D eigenvalue weighted by Crippen LogP contribution is -2.30. The molecule has 0 aromatic heterocycles. The van der Waals surface area contributed by atoms with Gasteiger partial charge >= 0.3 is 17.9 Å². The smallest absolute Gasteiger partial charge is 0.306 e. The number of rotatable bonds is 60. The first kappa shape index (κ1) is 70.6. The molecular weight excluding hydrogens is 901 g/mol. The van der Waals surface area contributed by atoms with Crippen molar-refractivity contribution >= 4 is 17.9 Å². The molecule has 0 amide bonds. The summed E-state index contributed by atoms with van der Waals surface area (Å²) in [5.41, 5.74) is 0. The first-order valence-corrected chi connectivity index (χ1v) is 32.5. The Kier molecular flexibility index (Phi) is 60.2. The first-order valence-electron chi connectivity index (χ1n) is 32.5. The molecule has 428 valence electrons. The van der Waals surface area contributed by atoms with Crippen LogP contribution in [0.2, 0.25) is 0 Å². The van der Waals surface area contributed by atoms with E-state index in [1.807, 2.05) is 0 Å². The third kappa shape index (κ3) is 60.4. The number of unbranched alkanes of at least 4 members (excludes halogenated alkanes) is 43. The number of carbonyl (C=O) groups excluding carboxylic acids is 3. The van der Waals surface area contributed by atoms with Gasteiger partial charge in [-0.1, -0.05) is 301 Å². The minimum atomic E-state index is -0.777. The van der Waals surface area contributed by atoms with Crippen LogP contribution in [0, 0.1) is 0 Å². The summed E-state index contributed by atoms with van der Waals surface area (Å²) in [7, 11) is 0. The molecule has 0 spiro atoms. The van der Waals surface area contributed by atoms with Crippen LogP contribution in [-0.4, -0.2) is 37.2 Å². The van der Waals surface area contributed by atoms with Crippen LogP contribution in [0.4, 0.5) is 0 Å². The van der Waals surface area contributed by atoms with Gasteiger partial charge in [-0.15, -0.1) is 0 Å². The Bertz CT molecular complexity index is 1220. The molecule has 0 aliphatic rings. The van der Waals surface area contributed by atoms with Crippen molar-refractivity contribution in [2.75, 3.05) is 13.2 Å². The highest BCUT2D eigenvalue weighted by molar-refractivity contribution is 5.71. The van der Waals surface area contributed by atoms with E-state index < -0.39 is 6.10 Å². The highest BCUT2D eigenvalue weighted by Crippen LogP contribution is 2.18. The van der Waals surface area contributed by atoms with Crippen LogP contribution < -0.4 is 0 Å². The lowest BCUT2D eigenvalue weighted by molar-refractivity contribution is -0.167. The molecule has 6 nitrogen and oxygen atoms in total. The van der Waals surface area contributed by atoms with Crippen LogP contribution >= 0.6 is 0 Å². The van der Waals surface area contributed by atoms with Crippen LogP contribution in [0.1, 0.15) is 355 Å². The summed E-state index contributed by atoms with van der Waals surface area (Å²) in [6, 6.07) is 0. The summed E-state index contributed by atoms with van der Waals surface area (Å²) in [5.74, 6) is -0.866. The quantitative estimate of drug-likeness (QED) is 0.0261. The summed E-state index contributed by atoms with van der Waals surface area (Å²) in [4.78, 5) is 38.3. The van der Waals surface area contributed by atoms with Crippen molar-refractivity contribution in [1.82, 2.24) is 0 Å².